The van der Waals surface area contributed by atoms with E-state index in [2.05, 4.69) is 10.1 Å². The number of hydrogen-bond acceptors (Lipinski definition) is 4. The van der Waals surface area contributed by atoms with Gasteiger partial charge in [-0.25, -0.2) is 9.78 Å². The summed E-state index contributed by atoms with van der Waals surface area (Å²) in [6.45, 7) is 0. The summed E-state index contributed by atoms with van der Waals surface area (Å²) in [5.41, 5.74) is 3.65. The lowest BCUT2D eigenvalue weighted by Crippen LogP contribution is -2.05. The molecular weight excluding hydrogens is 268 g/mol. The Hall–Kier alpha value is -2.69. The van der Waals surface area contributed by atoms with E-state index in [1.165, 1.54) is 0 Å². The molecule has 0 radical (unpaired) electrons. The van der Waals surface area contributed by atoms with Gasteiger partial charge >= 0.3 is 5.97 Å². The van der Waals surface area contributed by atoms with Gasteiger partial charge in [0.05, 0.1) is 10.9 Å². The van der Waals surface area contributed by atoms with Crippen LogP contribution in [-0.4, -0.2) is 21.2 Å². The van der Waals surface area contributed by atoms with E-state index in [-0.39, 0.29) is 0 Å². The maximum Gasteiger partial charge on any atom is 0.336 e. The predicted octanol–water partition coefficient (Wildman–Crippen LogP) is 3.08. The number of carboxylic acid groups (broad SMARTS) is 1. The van der Waals surface area contributed by atoms with Crippen molar-refractivity contribution in [3.63, 3.8) is 0 Å². The number of pyridine rings is 1. The Labute approximate surface area is 120 Å². The highest BCUT2D eigenvalue weighted by atomic mass is 16.5. The molecule has 0 saturated heterocycles. The van der Waals surface area contributed by atoms with Crippen molar-refractivity contribution in [3.8, 4) is 11.3 Å². The van der Waals surface area contributed by atoms with Gasteiger partial charge in [-0.3, -0.25) is 0 Å². The molecule has 2 heterocycles. The van der Waals surface area contributed by atoms with Gasteiger partial charge in [0.1, 0.15) is 5.69 Å². The van der Waals surface area contributed by atoms with Crippen molar-refractivity contribution < 1.29 is 14.4 Å². The monoisotopic (exact) mass is 280 g/mol. The van der Waals surface area contributed by atoms with Crippen molar-refractivity contribution in [2.24, 2.45) is 0 Å². The van der Waals surface area contributed by atoms with Gasteiger partial charge in [-0.1, -0.05) is 35.5 Å². The standard InChI is InChI=1S/C16H12N2O3/c19-16(20)12-10-7-4-8-11(10)17-15-13(12)14(18-21-15)9-5-2-1-3-6-9/h1-3,5-6H,4,7-8H2,(H,19,20). The maximum atomic E-state index is 11.8. The number of carbonyl (C=O) groups is 1. The highest BCUT2D eigenvalue weighted by Gasteiger charge is 2.28. The molecule has 0 unspecified atom stereocenters. The normalized spacial score (nSPS) is 13.5. The average Bonchev–Trinajstić information content (AvgIpc) is 3.11. The number of aromatic carboxylic acids is 1. The van der Waals surface area contributed by atoms with E-state index in [4.69, 9.17) is 4.52 Å². The zero-order valence-electron chi connectivity index (χ0n) is 11.2. The van der Waals surface area contributed by atoms with Gasteiger partial charge in [0.15, 0.2) is 0 Å². The minimum absolute atomic E-state index is 0.299. The van der Waals surface area contributed by atoms with Crippen LogP contribution in [0.3, 0.4) is 0 Å². The number of benzene rings is 1. The first-order valence-corrected chi connectivity index (χ1v) is 6.85. The fraction of sp³-hybridized carbons (Fsp3) is 0.188. The zero-order valence-corrected chi connectivity index (χ0v) is 11.2. The van der Waals surface area contributed by atoms with Crippen LogP contribution in [0.5, 0.6) is 0 Å². The molecule has 0 bridgehead atoms. The lowest BCUT2D eigenvalue weighted by Gasteiger charge is -2.05. The molecule has 0 fully saturated rings. The summed E-state index contributed by atoms with van der Waals surface area (Å²) < 4.78 is 5.30. The van der Waals surface area contributed by atoms with Gasteiger partial charge in [-0.05, 0) is 24.8 Å². The summed E-state index contributed by atoms with van der Waals surface area (Å²) in [6.07, 6.45) is 2.48. The number of hydrogen-bond donors (Lipinski definition) is 1. The van der Waals surface area contributed by atoms with Crippen molar-refractivity contribution in [1.82, 2.24) is 10.1 Å². The molecule has 0 amide bonds. The number of carboxylic acids is 1. The molecule has 2 aromatic heterocycles. The van der Waals surface area contributed by atoms with Crippen molar-refractivity contribution in [3.05, 3.63) is 47.2 Å². The number of aromatic nitrogens is 2. The van der Waals surface area contributed by atoms with Crippen molar-refractivity contribution >= 4 is 17.1 Å². The highest BCUT2D eigenvalue weighted by molar-refractivity contribution is 6.08. The van der Waals surface area contributed by atoms with Crippen LogP contribution in [0.4, 0.5) is 0 Å². The lowest BCUT2D eigenvalue weighted by molar-refractivity contribution is 0.0698. The van der Waals surface area contributed by atoms with Crippen molar-refractivity contribution in [2.75, 3.05) is 0 Å². The minimum Gasteiger partial charge on any atom is -0.478 e. The summed E-state index contributed by atoms with van der Waals surface area (Å²) in [6, 6.07) is 9.44. The van der Waals surface area contributed by atoms with E-state index in [9.17, 15) is 9.90 Å². The fourth-order valence-corrected chi connectivity index (χ4v) is 3.01. The second-order valence-electron chi connectivity index (χ2n) is 5.15. The van der Waals surface area contributed by atoms with Crippen molar-refractivity contribution in [2.45, 2.75) is 19.3 Å². The van der Waals surface area contributed by atoms with Gasteiger partial charge in [-0.15, -0.1) is 0 Å². The molecule has 0 spiro atoms. The summed E-state index contributed by atoms with van der Waals surface area (Å²) in [5.74, 6) is -0.944. The molecule has 1 N–H and O–H groups in total. The Morgan fingerprint density at radius 1 is 1.19 bits per heavy atom. The number of nitrogens with zero attached hydrogens (tertiary/aromatic N) is 2. The quantitative estimate of drug-likeness (QED) is 0.780. The van der Waals surface area contributed by atoms with Crippen LogP contribution in [-0.2, 0) is 12.8 Å². The van der Waals surface area contributed by atoms with Crippen LogP contribution < -0.4 is 0 Å². The Kier molecular flexibility index (Phi) is 2.54. The Morgan fingerprint density at radius 3 is 2.76 bits per heavy atom. The van der Waals surface area contributed by atoms with Crippen LogP contribution in [0.1, 0.15) is 28.0 Å². The number of aryl methyl sites for hydroxylation is 1. The molecule has 0 atom stereocenters. The smallest absolute Gasteiger partial charge is 0.336 e. The van der Waals surface area contributed by atoms with Crippen LogP contribution in [0.2, 0.25) is 0 Å². The first-order chi connectivity index (χ1) is 10.3. The Morgan fingerprint density at radius 2 is 2.00 bits per heavy atom. The molecule has 0 saturated carbocycles. The van der Waals surface area contributed by atoms with Gasteiger partial charge in [0.25, 0.3) is 5.71 Å². The molecule has 1 aliphatic carbocycles. The van der Waals surface area contributed by atoms with Crippen molar-refractivity contribution in [1.29, 1.82) is 0 Å². The molecule has 5 heteroatoms. The van der Waals surface area contributed by atoms with Gasteiger partial charge in [0.2, 0.25) is 0 Å². The third kappa shape index (κ3) is 1.74. The van der Waals surface area contributed by atoms with Crippen LogP contribution in [0.15, 0.2) is 34.9 Å². The van der Waals surface area contributed by atoms with E-state index in [1.54, 1.807) is 0 Å². The fourth-order valence-electron chi connectivity index (χ4n) is 3.01. The van der Waals surface area contributed by atoms with E-state index in [1.807, 2.05) is 30.3 Å². The molecule has 104 valence electrons. The topological polar surface area (TPSA) is 76.2 Å². The summed E-state index contributed by atoms with van der Waals surface area (Å²) in [4.78, 5) is 16.2. The lowest BCUT2D eigenvalue weighted by atomic mass is 10.00. The van der Waals surface area contributed by atoms with E-state index in [0.29, 0.717) is 22.4 Å². The maximum absolute atomic E-state index is 11.8. The molecule has 3 aromatic rings. The molecule has 1 aromatic carbocycles. The first kappa shape index (κ1) is 12.1. The SMILES string of the molecule is O=C(O)c1c2c(nc3onc(-c4ccccc4)c13)CCC2. The zero-order chi connectivity index (χ0) is 14.4. The highest BCUT2D eigenvalue weighted by Crippen LogP contribution is 2.35. The average molecular weight is 280 g/mol. The second-order valence-corrected chi connectivity index (χ2v) is 5.15. The van der Waals surface area contributed by atoms with Crippen LogP contribution in [0.25, 0.3) is 22.4 Å². The van der Waals surface area contributed by atoms with Gasteiger partial charge < -0.3 is 9.63 Å². The third-order valence-electron chi connectivity index (χ3n) is 3.91. The third-order valence-corrected chi connectivity index (χ3v) is 3.91. The van der Waals surface area contributed by atoms with Crippen LogP contribution in [0, 0.1) is 0 Å². The predicted molar refractivity (Wildman–Crippen MR) is 76.2 cm³/mol. The van der Waals surface area contributed by atoms with Crippen LogP contribution >= 0.6 is 0 Å². The Bertz CT molecular complexity index is 853. The summed E-state index contributed by atoms with van der Waals surface area (Å²) >= 11 is 0. The summed E-state index contributed by atoms with van der Waals surface area (Å²) in [5, 5.41) is 14.2. The van der Waals surface area contributed by atoms with E-state index >= 15 is 0 Å². The molecular formula is C16H12N2O3. The largest absolute Gasteiger partial charge is 0.478 e. The first-order valence-electron chi connectivity index (χ1n) is 6.85. The molecule has 0 aliphatic heterocycles. The molecule has 5 nitrogen and oxygen atoms in total. The van der Waals surface area contributed by atoms with Gasteiger partial charge in [0, 0.05) is 11.3 Å². The number of fused-ring (bicyclic) bond motifs is 2. The van der Waals surface area contributed by atoms with Gasteiger partial charge in [-0.2, -0.15) is 0 Å². The minimum atomic E-state index is -0.944. The molecule has 21 heavy (non-hydrogen) atoms. The van der Waals surface area contributed by atoms with E-state index < -0.39 is 5.97 Å². The Balaban J connectivity index is 2.10. The second kappa shape index (κ2) is 4.41. The van der Waals surface area contributed by atoms with E-state index in [0.717, 1.165) is 36.1 Å². The molecule has 4 rings (SSSR count). The molecule has 1 aliphatic rings. The summed E-state index contributed by atoms with van der Waals surface area (Å²) in [7, 11) is 0. The number of rotatable bonds is 2.